The molecule has 16 heavy (non-hydrogen) atoms. The number of carbonyl (C=O) groups is 1. The van der Waals surface area contributed by atoms with E-state index in [0.717, 1.165) is 38.5 Å². The Bertz CT molecular complexity index is 289. The molecule has 1 saturated carbocycles. The second kappa shape index (κ2) is 6.81. The van der Waals surface area contributed by atoms with Crippen LogP contribution >= 0.6 is 11.8 Å². The maximum absolute atomic E-state index is 12.1. The van der Waals surface area contributed by atoms with Gasteiger partial charge in [0, 0.05) is 17.9 Å². The lowest BCUT2D eigenvalue weighted by atomic mass is 9.92. The van der Waals surface area contributed by atoms with Gasteiger partial charge in [-0.05, 0) is 37.5 Å². The van der Waals surface area contributed by atoms with E-state index in [1.807, 2.05) is 6.26 Å². The average Bonchev–Trinajstić information content (AvgIpc) is 2.48. The highest BCUT2D eigenvalue weighted by molar-refractivity contribution is 8.00. The van der Waals surface area contributed by atoms with Gasteiger partial charge in [-0.3, -0.25) is 4.79 Å². The summed E-state index contributed by atoms with van der Waals surface area (Å²) in [4.78, 5) is 14.8. The molecule has 0 amide bonds. The number of carbonyl (C=O) groups excluding carboxylic acids is 1. The van der Waals surface area contributed by atoms with E-state index in [9.17, 15) is 4.79 Å². The van der Waals surface area contributed by atoms with E-state index in [1.54, 1.807) is 11.8 Å². The Morgan fingerprint density at radius 3 is 3.00 bits per heavy atom. The van der Waals surface area contributed by atoms with E-state index in [4.69, 9.17) is 5.53 Å². The van der Waals surface area contributed by atoms with Crippen LogP contribution < -0.4 is 0 Å². The van der Waals surface area contributed by atoms with Gasteiger partial charge in [0.15, 0.2) is 0 Å². The fourth-order valence-corrected chi connectivity index (χ4v) is 3.33. The summed E-state index contributed by atoms with van der Waals surface area (Å²) in [5, 5.41) is 3.53. The number of Topliss-reactive ketones (excluding diaryl/α,β-unsaturated/α-hetero) is 1. The van der Waals surface area contributed by atoms with Crippen LogP contribution in [0.1, 0.15) is 44.9 Å². The molecule has 5 heteroatoms. The van der Waals surface area contributed by atoms with Crippen molar-refractivity contribution >= 4 is 17.5 Å². The largest absolute Gasteiger partial charge is 0.298 e. The van der Waals surface area contributed by atoms with E-state index in [0.29, 0.717) is 12.3 Å². The fraction of sp³-hybridized carbons (Fsp3) is 0.909. The summed E-state index contributed by atoms with van der Waals surface area (Å²) in [6.07, 6.45) is 8.76. The Morgan fingerprint density at radius 2 is 2.31 bits per heavy atom. The van der Waals surface area contributed by atoms with E-state index in [2.05, 4.69) is 10.0 Å². The van der Waals surface area contributed by atoms with Gasteiger partial charge in [0.05, 0.1) is 4.75 Å². The van der Waals surface area contributed by atoms with Gasteiger partial charge in [-0.1, -0.05) is 18.0 Å². The van der Waals surface area contributed by atoms with Crippen LogP contribution in [-0.4, -0.2) is 23.3 Å². The van der Waals surface area contributed by atoms with Crippen molar-refractivity contribution in [3.05, 3.63) is 10.4 Å². The quantitative estimate of drug-likeness (QED) is 0.242. The molecule has 0 aromatic heterocycles. The van der Waals surface area contributed by atoms with Crippen molar-refractivity contribution in [2.45, 2.75) is 49.7 Å². The van der Waals surface area contributed by atoms with Crippen LogP contribution in [0, 0.1) is 0 Å². The molecule has 0 radical (unpaired) electrons. The molecule has 1 fully saturated rings. The summed E-state index contributed by atoms with van der Waals surface area (Å²) in [6, 6.07) is 0. The Labute approximate surface area is 101 Å². The first-order chi connectivity index (χ1) is 7.75. The predicted molar refractivity (Wildman–Crippen MR) is 67.6 cm³/mol. The lowest BCUT2D eigenvalue weighted by Gasteiger charge is -2.29. The molecule has 1 aliphatic carbocycles. The van der Waals surface area contributed by atoms with Gasteiger partial charge < -0.3 is 0 Å². The second-order valence-electron chi connectivity index (χ2n) is 4.24. The van der Waals surface area contributed by atoms with Crippen LogP contribution in [0.15, 0.2) is 5.11 Å². The smallest absolute Gasteiger partial charge is 0.148 e. The monoisotopic (exact) mass is 241 g/mol. The topological polar surface area (TPSA) is 65.8 Å². The van der Waals surface area contributed by atoms with Crippen molar-refractivity contribution in [1.82, 2.24) is 0 Å². The summed E-state index contributed by atoms with van der Waals surface area (Å²) in [5.41, 5.74) is 8.21. The van der Waals surface area contributed by atoms with Crippen LogP contribution in [0.2, 0.25) is 0 Å². The van der Waals surface area contributed by atoms with E-state index >= 15 is 0 Å². The molecule has 0 spiro atoms. The van der Waals surface area contributed by atoms with Crippen LogP contribution in [0.3, 0.4) is 0 Å². The van der Waals surface area contributed by atoms with Crippen molar-refractivity contribution in [3.8, 4) is 0 Å². The first-order valence-electron chi connectivity index (χ1n) is 5.84. The van der Waals surface area contributed by atoms with Gasteiger partial charge in [-0.15, -0.1) is 0 Å². The number of azide groups is 1. The van der Waals surface area contributed by atoms with Gasteiger partial charge in [-0.2, -0.15) is 11.8 Å². The zero-order chi connectivity index (χ0) is 11.9. The van der Waals surface area contributed by atoms with Gasteiger partial charge in [0.2, 0.25) is 0 Å². The minimum absolute atomic E-state index is 0.193. The molecule has 90 valence electrons. The summed E-state index contributed by atoms with van der Waals surface area (Å²) in [7, 11) is 0. The highest BCUT2D eigenvalue weighted by Crippen LogP contribution is 2.38. The minimum atomic E-state index is -0.193. The second-order valence-corrected chi connectivity index (χ2v) is 5.43. The Balaban J connectivity index is 2.58. The average molecular weight is 241 g/mol. The number of thioether (sulfide) groups is 1. The standard InChI is InChI=1S/C11H19N3OS/c1-16-11(8-5-9-13-14-12)7-4-2-3-6-10(11)15/h2-9H2,1H3. The molecular weight excluding hydrogens is 222 g/mol. The molecule has 0 heterocycles. The molecule has 1 atom stereocenters. The minimum Gasteiger partial charge on any atom is -0.298 e. The zero-order valence-electron chi connectivity index (χ0n) is 9.81. The first kappa shape index (κ1) is 13.4. The Hall–Kier alpha value is -0.670. The molecule has 0 aromatic carbocycles. The van der Waals surface area contributed by atoms with Gasteiger partial charge in [0.25, 0.3) is 0 Å². The summed E-state index contributed by atoms with van der Waals surface area (Å²) < 4.78 is -0.193. The highest BCUT2D eigenvalue weighted by Gasteiger charge is 2.36. The zero-order valence-corrected chi connectivity index (χ0v) is 10.6. The SMILES string of the molecule is CSC1(CCCN=[N+]=[N-])CCCCCC1=O. The van der Waals surface area contributed by atoms with Crippen LogP contribution in [0.25, 0.3) is 10.4 Å². The fourth-order valence-electron chi connectivity index (χ4n) is 2.30. The highest BCUT2D eigenvalue weighted by atomic mass is 32.2. The Kier molecular flexibility index (Phi) is 5.71. The molecule has 1 aliphatic rings. The van der Waals surface area contributed by atoms with Gasteiger partial charge in [-0.25, -0.2) is 0 Å². The third-order valence-electron chi connectivity index (χ3n) is 3.29. The van der Waals surface area contributed by atoms with Crippen molar-refractivity contribution < 1.29 is 4.79 Å². The normalized spacial score (nSPS) is 25.9. The number of hydrogen-bond donors (Lipinski definition) is 0. The third-order valence-corrected chi connectivity index (χ3v) is 4.70. The molecule has 0 aromatic rings. The van der Waals surface area contributed by atoms with Crippen molar-refractivity contribution in [3.63, 3.8) is 0 Å². The molecule has 4 nitrogen and oxygen atoms in total. The van der Waals surface area contributed by atoms with E-state index in [1.165, 1.54) is 6.42 Å². The molecule has 0 aliphatic heterocycles. The lowest BCUT2D eigenvalue weighted by molar-refractivity contribution is -0.121. The summed E-state index contributed by atoms with van der Waals surface area (Å²) in [6.45, 7) is 0.506. The lowest BCUT2D eigenvalue weighted by Crippen LogP contribution is -2.34. The molecule has 0 saturated heterocycles. The van der Waals surface area contributed by atoms with Crippen LogP contribution in [0.4, 0.5) is 0 Å². The molecule has 1 unspecified atom stereocenters. The first-order valence-corrected chi connectivity index (χ1v) is 7.07. The van der Waals surface area contributed by atoms with Gasteiger partial charge in [0.1, 0.15) is 5.78 Å². The van der Waals surface area contributed by atoms with E-state index in [-0.39, 0.29) is 4.75 Å². The van der Waals surface area contributed by atoms with E-state index < -0.39 is 0 Å². The Morgan fingerprint density at radius 1 is 1.50 bits per heavy atom. The summed E-state index contributed by atoms with van der Waals surface area (Å²) in [5.74, 6) is 0.401. The van der Waals surface area contributed by atoms with Crippen LogP contribution in [0.5, 0.6) is 0 Å². The molecule has 0 N–H and O–H groups in total. The molecular formula is C11H19N3OS. The number of hydrogen-bond acceptors (Lipinski definition) is 3. The van der Waals surface area contributed by atoms with Gasteiger partial charge >= 0.3 is 0 Å². The van der Waals surface area contributed by atoms with Crippen molar-refractivity contribution in [1.29, 1.82) is 0 Å². The molecule has 0 bridgehead atoms. The number of rotatable bonds is 5. The number of nitrogens with zero attached hydrogens (tertiary/aromatic N) is 3. The summed E-state index contributed by atoms with van der Waals surface area (Å²) >= 11 is 1.69. The number of ketones is 1. The van der Waals surface area contributed by atoms with Crippen molar-refractivity contribution in [2.75, 3.05) is 12.8 Å². The third kappa shape index (κ3) is 3.42. The predicted octanol–water partition coefficient (Wildman–Crippen LogP) is 3.71. The maximum atomic E-state index is 12.1. The van der Waals surface area contributed by atoms with Crippen LogP contribution in [-0.2, 0) is 4.79 Å². The molecule has 1 rings (SSSR count). The maximum Gasteiger partial charge on any atom is 0.148 e. The van der Waals surface area contributed by atoms with Crippen molar-refractivity contribution in [2.24, 2.45) is 5.11 Å².